The first kappa shape index (κ1) is 16.9. The lowest BCUT2D eigenvalue weighted by Gasteiger charge is -2.19. The lowest BCUT2D eigenvalue weighted by Crippen LogP contribution is -2.27. The molecule has 1 aliphatic rings. The van der Waals surface area contributed by atoms with Crippen molar-refractivity contribution in [1.29, 1.82) is 0 Å². The number of aliphatic carboxylic acids is 1. The Balaban J connectivity index is 2.10. The van der Waals surface area contributed by atoms with E-state index in [0.717, 1.165) is 43.5 Å². The number of carbonyl (C=O) groups is 1. The summed E-state index contributed by atoms with van der Waals surface area (Å²) in [6.45, 7) is 5.91. The van der Waals surface area contributed by atoms with Crippen molar-refractivity contribution in [3.63, 3.8) is 0 Å². The van der Waals surface area contributed by atoms with Crippen LogP contribution in [-0.2, 0) is 17.6 Å². The third kappa shape index (κ3) is 4.80. The second kappa shape index (κ2) is 7.73. The van der Waals surface area contributed by atoms with Gasteiger partial charge in [-0.25, -0.2) is 4.39 Å². The third-order valence-electron chi connectivity index (χ3n) is 4.47. The molecule has 2 N–H and O–H groups in total. The fourth-order valence-corrected chi connectivity index (χ4v) is 3.16. The molecule has 0 aromatic heterocycles. The molecule has 2 unspecified atom stereocenters. The third-order valence-corrected chi connectivity index (χ3v) is 4.47. The van der Waals surface area contributed by atoms with Gasteiger partial charge >= 0.3 is 5.97 Å². The summed E-state index contributed by atoms with van der Waals surface area (Å²) >= 11 is 0. The number of hydrogen-bond acceptors (Lipinski definition) is 2. The summed E-state index contributed by atoms with van der Waals surface area (Å²) in [4.78, 5) is 11.6. The van der Waals surface area contributed by atoms with Gasteiger partial charge in [0.25, 0.3) is 0 Å². The van der Waals surface area contributed by atoms with Gasteiger partial charge in [0.1, 0.15) is 5.82 Å². The Bertz CT molecular complexity index is 510. The number of aryl methyl sites for hydroxylation is 1. The zero-order valence-electron chi connectivity index (χ0n) is 13.4. The van der Waals surface area contributed by atoms with Crippen LogP contribution in [0, 0.1) is 23.6 Å². The maximum absolute atomic E-state index is 13.8. The number of carboxylic acids is 1. The standard InChI is InChI=1S/C18H26FNO2/c1-12(2)3-4-13-7-14(9-16(19)8-13)10-17(18(21)22)15-5-6-20-11-15/h7-9,12,15,17,20H,3-6,10-11H2,1-2H3,(H,21,22). The Morgan fingerprint density at radius 2 is 2.09 bits per heavy atom. The molecule has 0 saturated carbocycles. The van der Waals surface area contributed by atoms with Crippen LogP contribution in [-0.4, -0.2) is 24.2 Å². The average Bonchev–Trinajstić information content (AvgIpc) is 2.95. The van der Waals surface area contributed by atoms with E-state index >= 15 is 0 Å². The molecule has 1 heterocycles. The molecule has 0 spiro atoms. The maximum Gasteiger partial charge on any atom is 0.307 e. The first-order valence-corrected chi connectivity index (χ1v) is 8.17. The first-order chi connectivity index (χ1) is 10.5. The largest absolute Gasteiger partial charge is 0.481 e. The molecular weight excluding hydrogens is 281 g/mol. The second-order valence-electron chi connectivity index (χ2n) is 6.80. The molecule has 0 aliphatic carbocycles. The van der Waals surface area contributed by atoms with Crippen LogP contribution in [0.3, 0.4) is 0 Å². The predicted octanol–water partition coefficient (Wildman–Crippen LogP) is 3.27. The summed E-state index contributed by atoms with van der Waals surface area (Å²) in [5.74, 6) is -0.760. The van der Waals surface area contributed by atoms with Gasteiger partial charge in [-0.1, -0.05) is 19.9 Å². The van der Waals surface area contributed by atoms with Crippen LogP contribution in [0.25, 0.3) is 0 Å². The number of nitrogens with one attached hydrogen (secondary N) is 1. The summed E-state index contributed by atoms with van der Waals surface area (Å²) in [6.07, 6.45) is 3.14. The Labute approximate surface area is 131 Å². The van der Waals surface area contributed by atoms with E-state index in [1.54, 1.807) is 6.07 Å². The van der Waals surface area contributed by atoms with Crippen molar-refractivity contribution in [3.8, 4) is 0 Å². The van der Waals surface area contributed by atoms with Crippen molar-refractivity contribution in [2.75, 3.05) is 13.1 Å². The molecule has 2 atom stereocenters. The van der Waals surface area contributed by atoms with Crippen LogP contribution < -0.4 is 5.32 Å². The van der Waals surface area contributed by atoms with Crippen molar-refractivity contribution in [2.45, 2.75) is 39.5 Å². The van der Waals surface area contributed by atoms with E-state index in [0.29, 0.717) is 12.3 Å². The quantitative estimate of drug-likeness (QED) is 0.813. The molecule has 0 radical (unpaired) electrons. The first-order valence-electron chi connectivity index (χ1n) is 8.17. The summed E-state index contributed by atoms with van der Waals surface area (Å²) in [5.41, 5.74) is 1.77. The predicted molar refractivity (Wildman–Crippen MR) is 85.4 cm³/mol. The minimum atomic E-state index is -0.776. The van der Waals surface area contributed by atoms with E-state index in [9.17, 15) is 14.3 Å². The van der Waals surface area contributed by atoms with Gasteiger partial charge in [0.2, 0.25) is 0 Å². The molecule has 0 bridgehead atoms. The Kier molecular flexibility index (Phi) is 5.95. The van der Waals surface area contributed by atoms with Crippen LogP contribution in [0.15, 0.2) is 18.2 Å². The molecule has 3 nitrogen and oxygen atoms in total. The zero-order valence-corrected chi connectivity index (χ0v) is 13.4. The van der Waals surface area contributed by atoms with Crippen molar-refractivity contribution < 1.29 is 14.3 Å². The molecule has 0 amide bonds. The lowest BCUT2D eigenvalue weighted by atomic mass is 9.85. The minimum Gasteiger partial charge on any atom is -0.481 e. The fourth-order valence-electron chi connectivity index (χ4n) is 3.16. The van der Waals surface area contributed by atoms with Crippen LogP contribution in [0.4, 0.5) is 4.39 Å². The zero-order chi connectivity index (χ0) is 16.1. The highest BCUT2D eigenvalue weighted by Gasteiger charge is 2.30. The molecule has 122 valence electrons. The summed E-state index contributed by atoms with van der Waals surface area (Å²) < 4.78 is 13.8. The van der Waals surface area contributed by atoms with E-state index in [-0.39, 0.29) is 11.7 Å². The topological polar surface area (TPSA) is 49.3 Å². The normalized spacial score (nSPS) is 19.5. The number of hydrogen-bond donors (Lipinski definition) is 2. The van der Waals surface area contributed by atoms with E-state index in [4.69, 9.17) is 0 Å². The SMILES string of the molecule is CC(C)CCc1cc(F)cc(CC(C(=O)O)C2CCNC2)c1. The molecular formula is C18H26FNO2. The van der Waals surface area contributed by atoms with Crippen molar-refractivity contribution in [2.24, 2.45) is 17.8 Å². The van der Waals surface area contributed by atoms with Gasteiger partial charge in [-0.3, -0.25) is 4.79 Å². The lowest BCUT2D eigenvalue weighted by molar-refractivity contribution is -0.143. The molecule has 4 heteroatoms. The molecule has 1 aliphatic heterocycles. The maximum atomic E-state index is 13.8. The van der Waals surface area contributed by atoms with Crippen LogP contribution in [0.2, 0.25) is 0 Å². The number of rotatable bonds is 7. The molecule has 1 fully saturated rings. The van der Waals surface area contributed by atoms with Crippen molar-refractivity contribution in [1.82, 2.24) is 5.32 Å². The Morgan fingerprint density at radius 1 is 1.36 bits per heavy atom. The van der Waals surface area contributed by atoms with E-state index < -0.39 is 11.9 Å². The molecule has 1 saturated heterocycles. The summed E-state index contributed by atoms with van der Waals surface area (Å²) in [7, 11) is 0. The summed E-state index contributed by atoms with van der Waals surface area (Å²) in [6, 6.07) is 5.03. The van der Waals surface area contributed by atoms with Gasteiger partial charge in [-0.05, 0) is 73.9 Å². The number of carboxylic acid groups (broad SMARTS) is 1. The van der Waals surface area contributed by atoms with Gasteiger partial charge in [0, 0.05) is 0 Å². The average molecular weight is 307 g/mol. The van der Waals surface area contributed by atoms with E-state index in [2.05, 4.69) is 19.2 Å². The van der Waals surface area contributed by atoms with Crippen LogP contribution >= 0.6 is 0 Å². The van der Waals surface area contributed by atoms with Gasteiger partial charge in [0.05, 0.1) is 5.92 Å². The van der Waals surface area contributed by atoms with Crippen molar-refractivity contribution >= 4 is 5.97 Å². The minimum absolute atomic E-state index is 0.139. The smallest absolute Gasteiger partial charge is 0.307 e. The Morgan fingerprint density at radius 3 is 2.68 bits per heavy atom. The molecule has 2 rings (SSSR count). The highest BCUT2D eigenvalue weighted by molar-refractivity contribution is 5.71. The highest BCUT2D eigenvalue weighted by Crippen LogP contribution is 2.25. The Hall–Kier alpha value is -1.42. The van der Waals surface area contributed by atoms with Gasteiger partial charge in [0.15, 0.2) is 0 Å². The summed E-state index contributed by atoms with van der Waals surface area (Å²) in [5, 5.41) is 12.7. The second-order valence-corrected chi connectivity index (χ2v) is 6.80. The van der Waals surface area contributed by atoms with E-state index in [1.165, 1.54) is 6.07 Å². The monoisotopic (exact) mass is 307 g/mol. The van der Waals surface area contributed by atoms with Crippen LogP contribution in [0.5, 0.6) is 0 Å². The van der Waals surface area contributed by atoms with Gasteiger partial charge in [-0.15, -0.1) is 0 Å². The van der Waals surface area contributed by atoms with Crippen LogP contribution in [0.1, 0.15) is 37.8 Å². The van der Waals surface area contributed by atoms with E-state index in [1.807, 2.05) is 6.07 Å². The molecule has 1 aromatic carbocycles. The molecule has 22 heavy (non-hydrogen) atoms. The number of halogens is 1. The van der Waals surface area contributed by atoms with Gasteiger partial charge in [-0.2, -0.15) is 0 Å². The number of benzene rings is 1. The van der Waals surface area contributed by atoms with Crippen molar-refractivity contribution in [3.05, 3.63) is 35.1 Å². The molecule has 1 aromatic rings. The fraction of sp³-hybridized carbons (Fsp3) is 0.611. The highest BCUT2D eigenvalue weighted by atomic mass is 19.1. The van der Waals surface area contributed by atoms with Gasteiger partial charge < -0.3 is 10.4 Å².